The molecule has 5 rings (SSSR count). The third-order valence-corrected chi connectivity index (χ3v) is 6.23. The van der Waals surface area contributed by atoms with Crippen LogP contribution in [0.5, 0.6) is 11.5 Å². The minimum absolute atomic E-state index is 0.0895. The molecule has 3 N–H and O–H groups in total. The van der Waals surface area contributed by atoms with Crippen LogP contribution in [0.1, 0.15) is 23.7 Å². The van der Waals surface area contributed by atoms with E-state index in [0.717, 1.165) is 43.9 Å². The molecular weight excluding hydrogens is 464 g/mol. The van der Waals surface area contributed by atoms with Gasteiger partial charge < -0.3 is 25.3 Å². The molecule has 1 amide bonds. The third-order valence-electron chi connectivity index (χ3n) is 6.23. The van der Waals surface area contributed by atoms with Crippen molar-refractivity contribution in [3.8, 4) is 11.5 Å². The Labute approximate surface area is 208 Å². The summed E-state index contributed by atoms with van der Waals surface area (Å²) < 4.78 is 19.3. The first-order chi connectivity index (χ1) is 17.5. The fourth-order valence-electron chi connectivity index (χ4n) is 4.51. The first-order valence-corrected chi connectivity index (χ1v) is 12.0. The number of nitrogens with zero attached hydrogens (tertiary/aromatic N) is 6. The number of aromatic nitrogens is 4. The molecule has 0 aliphatic carbocycles. The number of methoxy groups -OCH3 is 1. The summed E-state index contributed by atoms with van der Waals surface area (Å²) in [5.74, 6) is 1.51. The number of nitrogens with one attached hydrogen (secondary N) is 1. The Balaban J connectivity index is 1.42. The maximum Gasteiger partial charge on any atom is 0.283 e. The Kier molecular flexibility index (Phi) is 6.96. The zero-order valence-corrected chi connectivity index (χ0v) is 20.4. The average molecular weight is 495 g/mol. The monoisotopic (exact) mass is 494 g/mol. The van der Waals surface area contributed by atoms with Gasteiger partial charge >= 0.3 is 0 Å². The van der Waals surface area contributed by atoms with Gasteiger partial charge in [0, 0.05) is 50.5 Å². The van der Waals surface area contributed by atoms with Crippen LogP contribution in [0, 0.1) is 0 Å². The lowest BCUT2D eigenvalue weighted by atomic mass is 10.2. The van der Waals surface area contributed by atoms with Crippen molar-refractivity contribution in [2.24, 2.45) is 4.99 Å². The second-order valence-corrected chi connectivity index (χ2v) is 8.76. The summed E-state index contributed by atoms with van der Waals surface area (Å²) in [5, 5.41) is 4.23. The van der Waals surface area contributed by atoms with Crippen molar-refractivity contribution in [3.63, 3.8) is 0 Å². The Morgan fingerprint density at radius 1 is 1.31 bits per heavy atom. The molecule has 12 heteroatoms. The lowest BCUT2D eigenvalue weighted by Crippen LogP contribution is -2.41. The molecule has 2 aromatic heterocycles. The fraction of sp³-hybridized carbons (Fsp3) is 0.458. The number of benzene rings is 1. The number of nitrogen functional groups attached to an aromatic ring is 1. The highest BCUT2D eigenvalue weighted by Gasteiger charge is 2.21. The Bertz CT molecular complexity index is 1320. The van der Waals surface area contributed by atoms with E-state index in [1.54, 1.807) is 7.11 Å². The summed E-state index contributed by atoms with van der Waals surface area (Å²) in [6.45, 7) is 7.55. The molecule has 36 heavy (non-hydrogen) atoms. The predicted molar refractivity (Wildman–Crippen MR) is 133 cm³/mol. The summed E-state index contributed by atoms with van der Waals surface area (Å²) >= 11 is 0. The van der Waals surface area contributed by atoms with Gasteiger partial charge in [-0.2, -0.15) is 4.99 Å². The molecule has 4 heterocycles. The van der Waals surface area contributed by atoms with Crippen LogP contribution in [0.3, 0.4) is 0 Å². The molecule has 0 saturated carbocycles. The number of hydrogen-bond acceptors (Lipinski definition) is 10. The molecule has 2 aliphatic heterocycles. The summed E-state index contributed by atoms with van der Waals surface area (Å²) in [7, 11) is 1.58. The first-order valence-electron chi connectivity index (χ1n) is 12.0. The number of ether oxygens (including phenoxy) is 3. The number of morpholine rings is 1. The van der Waals surface area contributed by atoms with E-state index in [1.807, 2.05) is 16.7 Å². The van der Waals surface area contributed by atoms with Crippen LogP contribution in [0.15, 0.2) is 29.5 Å². The predicted octanol–water partition coefficient (Wildman–Crippen LogP) is 1.07. The van der Waals surface area contributed by atoms with Gasteiger partial charge in [-0.3, -0.25) is 14.3 Å². The molecule has 190 valence electrons. The molecule has 0 bridgehead atoms. The van der Waals surface area contributed by atoms with E-state index in [1.165, 1.54) is 12.4 Å². The molecule has 0 spiro atoms. The second-order valence-electron chi connectivity index (χ2n) is 8.76. The van der Waals surface area contributed by atoms with E-state index in [9.17, 15) is 4.79 Å². The van der Waals surface area contributed by atoms with Crippen LogP contribution in [-0.2, 0) is 11.3 Å². The number of carbonyl (C=O) groups excluding carboxylic acids is 1. The van der Waals surface area contributed by atoms with Gasteiger partial charge in [-0.15, -0.1) is 0 Å². The van der Waals surface area contributed by atoms with E-state index in [2.05, 4.69) is 32.1 Å². The highest BCUT2D eigenvalue weighted by atomic mass is 16.5. The van der Waals surface area contributed by atoms with Gasteiger partial charge in [0.15, 0.2) is 11.5 Å². The molecule has 1 aromatic carbocycles. The summed E-state index contributed by atoms with van der Waals surface area (Å²) in [6.07, 6.45) is 3.84. The highest BCUT2D eigenvalue weighted by molar-refractivity contribution is 5.96. The van der Waals surface area contributed by atoms with Crippen molar-refractivity contribution in [2.45, 2.75) is 26.0 Å². The van der Waals surface area contributed by atoms with Crippen LogP contribution < -0.4 is 26.1 Å². The maximum atomic E-state index is 12.8. The minimum Gasteiger partial charge on any atom is -0.491 e. The van der Waals surface area contributed by atoms with Crippen molar-refractivity contribution in [3.05, 3.63) is 35.7 Å². The van der Waals surface area contributed by atoms with Crippen LogP contribution >= 0.6 is 0 Å². The molecule has 2 aliphatic rings. The lowest BCUT2D eigenvalue weighted by Gasteiger charge is -2.30. The Hall–Kier alpha value is -3.77. The number of fused-ring (bicyclic) bond motifs is 3. The van der Waals surface area contributed by atoms with Gasteiger partial charge in [0.25, 0.3) is 5.91 Å². The van der Waals surface area contributed by atoms with Gasteiger partial charge in [0.2, 0.25) is 11.6 Å². The van der Waals surface area contributed by atoms with E-state index in [-0.39, 0.29) is 23.2 Å². The SMILES string of the molecule is COc1c(OCCCN2CCOC(C)C2)ccc2c3n(c(=NC(=O)c4cnc(N)nc4)nc12)CCN3. The summed E-state index contributed by atoms with van der Waals surface area (Å²) in [5.41, 5.74) is 6.59. The highest BCUT2D eigenvalue weighted by Crippen LogP contribution is 2.37. The van der Waals surface area contributed by atoms with Gasteiger partial charge in [-0.1, -0.05) is 0 Å². The van der Waals surface area contributed by atoms with E-state index < -0.39 is 5.91 Å². The van der Waals surface area contributed by atoms with Gasteiger partial charge in [0.1, 0.15) is 11.3 Å². The average Bonchev–Trinajstić information content (AvgIpc) is 3.37. The molecule has 1 saturated heterocycles. The van der Waals surface area contributed by atoms with Crippen molar-refractivity contribution < 1.29 is 19.0 Å². The van der Waals surface area contributed by atoms with Crippen molar-refractivity contribution in [2.75, 3.05) is 57.6 Å². The second kappa shape index (κ2) is 10.5. The van der Waals surface area contributed by atoms with Crippen molar-refractivity contribution >= 4 is 28.6 Å². The van der Waals surface area contributed by atoms with E-state index in [4.69, 9.17) is 24.9 Å². The zero-order chi connectivity index (χ0) is 25.1. The van der Waals surface area contributed by atoms with Crippen LogP contribution in [0.25, 0.3) is 10.9 Å². The largest absolute Gasteiger partial charge is 0.491 e. The molecule has 3 aromatic rings. The quantitative estimate of drug-likeness (QED) is 0.458. The van der Waals surface area contributed by atoms with Crippen LogP contribution in [-0.4, -0.2) is 82.9 Å². The lowest BCUT2D eigenvalue weighted by molar-refractivity contribution is -0.0193. The van der Waals surface area contributed by atoms with Gasteiger partial charge in [-0.05, 0) is 25.5 Å². The smallest absolute Gasteiger partial charge is 0.283 e. The van der Waals surface area contributed by atoms with Crippen LogP contribution in [0.2, 0.25) is 0 Å². The number of carbonyl (C=O) groups is 1. The molecule has 1 unspecified atom stereocenters. The maximum absolute atomic E-state index is 12.8. The van der Waals surface area contributed by atoms with E-state index >= 15 is 0 Å². The van der Waals surface area contributed by atoms with Crippen molar-refractivity contribution in [1.29, 1.82) is 0 Å². The van der Waals surface area contributed by atoms with Crippen LogP contribution in [0.4, 0.5) is 11.8 Å². The fourth-order valence-corrected chi connectivity index (χ4v) is 4.51. The number of rotatable bonds is 7. The Morgan fingerprint density at radius 2 is 2.14 bits per heavy atom. The van der Waals surface area contributed by atoms with E-state index in [0.29, 0.717) is 36.7 Å². The Morgan fingerprint density at radius 3 is 2.92 bits per heavy atom. The molecule has 0 radical (unpaired) electrons. The van der Waals surface area contributed by atoms with Gasteiger partial charge in [-0.25, -0.2) is 15.0 Å². The zero-order valence-electron chi connectivity index (χ0n) is 20.4. The topological polar surface area (TPSA) is 142 Å². The number of anilines is 2. The number of hydrogen-bond donors (Lipinski definition) is 2. The number of nitrogens with two attached hydrogens (primary N) is 1. The first kappa shape index (κ1) is 23.9. The molecule has 1 fully saturated rings. The normalized spacial score (nSPS) is 18.2. The number of amides is 1. The molecule has 12 nitrogen and oxygen atoms in total. The van der Waals surface area contributed by atoms with Crippen molar-refractivity contribution in [1.82, 2.24) is 24.4 Å². The summed E-state index contributed by atoms with van der Waals surface area (Å²) in [6, 6.07) is 3.85. The third kappa shape index (κ3) is 4.95. The minimum atomic E-state index is -0.507. The summed E-state index contributed by atoms with van der Waals surface area (Å²) in [4.78, 5) is 31.9. The van der Waals surface area contributed by atoms with Gasteiger partial charge in [0.05, 0.1) is 32.0 Å². The standard InChI is InChI=1S/C24H30N8O4/c1-15-14-31(9-11-35-15)7-3-10-36-18-5-4-17-19(20(18)34-2)29-24(32-8-6-26-21(17)32)30-22(33)16-12-27-23(25)28-13-16/h4-5,12-13,15,26H,3,6-11,14H2,1-2H3,(H2,25,27,28). The molecule has 1 atom stereocenters. The molecular formula is C24H30N8O4.